The third kappa shape index (κ3) is 4.34. The van der Waals surface area contributed by atoms with Crippen LogP contribution >= 0.6 is 0 Å². The molecular weight excluding hydrogens is 324 g/mol. The minimum absolute atomic E-state index is 0.693. The van der Waals surface area contributed by atoms with Gasteiger partial charge in [-0.1, -0.05) is 30.3 Å². The van der Waals surface area contributed by atoms with Crippen LogP contribution in [-0.4, -0.2) is 55.8 Å². The van der Waals surface area contributed by atoms with Crippen molar-refractivity contribution in [3.05, 3.63) is 53.6 Å². The minimum atomic E-state index is 0.693. The molecule has 1 fully saturated rings. The highest BCUT2D eigenvalue weighted by atomic mass is 16.5. The molecule has 0 amide bonds. The van der Waals surface area contributed by atoms with Crippen LogP contribution in [0.4, 0.5) is 5.82 Å². The summed E-state index contributed by atoms with van der Waals surface area (Å²) < 4.78 is 5.79. The van der Waals surface area contributed by atoms with E-state index in [2.05, 4.69) is 57.6 Å². The molecule has 4 rings (SSSR count). The van der Waals surface area contributed by atoms with E-state index in [1.807, 2.05) is 0 Å². The Morgan fingerprint density at radius 1 is 1.00 bits per heavy atom. The fourth-order valence-corrected chi connectivity index (χ4v) is 3.69. The highest BCUT2D eigenvalue weighted by Gasteiger charge is 2.19. The van der Waals surface area contributed by atoms with E-state index in [0.717, 1.165) is 56.5 Å². The molecule has 0 unspecified atom stereocenters. The van der Waals surface area contributed by atoms with Gasteiger partial charge in [0.15, 0.2) is 0 Å². The number of hydrogen-bond acceptors (Lipinski definition) is 5. The van der Waals surface area contributed by atoms with Gasteiger partial charge in [-0.2, -0.15) is 4.98 Å². The highest BCUT2D eigenvalue weighted by Crippen LogP contribution is 2.23. The molecule has 0 aliphatic carbocycles. The van der Waals surface area contributed by atoms with Crippen LogP contribution in [0.5, 0.6) is 5.88 Å². The number of piperazine rings is 1. The van der Waals surface area contributed by atoms with Gasteiger partial charge in [0.25, 0.3) is 0 Å². The molecule has 138 valence electrons. The average molecular weight is 352 g/mol. The second-order valence-electron chi connectivity index (χ2n) is 7.08. The lowest BCUT2D eigenvalue weighted by atomic mass is 10.1. The molecule has 2 aliphatic rings. The van der Waals surface area contributed by atoms with Crippen molar-refractivity contribution in [3.8, 4) is 5.88 Å². The number of fused-ring (bicyclic) bond motifs is 1. The number of anilines is 1. The summed E-state index contributed by atoms with van der Waals surface area (Å²) >= 11 is 0. The fraction of sp³-hybridized carbons (Fsp3) is 0.476. The van der Waals surface area contributed by atoms with Crippen LogP contribution in [0.1, 0.15) is 17.5 Å². The molecule has 1 aromatic heterocycles. The molecule has 5 heteroatoms. The summed E-state index contributed by atoms with van der Waals surface area (Å²) in [5.74, 6) is 1.85. The molecule has 0 saturated carbocycles. The van der Waals surface area contributed by atoms with Gasteiger partial charge in [-0.25, -0.2) is 0 Å². The third-order valence-corrected chi connectivity index (χ3v) is 5.24. The molecular formula is C21H28N4O. The number of ether oxygens (including phenoxy) is 1. The first-order valence-electron chi connectivity index (χ1n) is 9.73. The molecule has 0 spiro atoms. The topological polar surface area (TPSA) is 40.6 Å². The Morgan fingerprint density at radius 2 is 1.85 bits per heavy atom. The number of nitrogens with one attached hydrogen (secondary N) is 1. The fourth-order valence-electron chi connectivity index (χ4n) is 3.69. The zero-order valence-corrected chi connectivity index (χ0v) is 15.4. The van der Waals surface area contributed by atoms with E-state index < -0.39 is 0 Å². The standard InChI is InChI=1S/C21H28N4O/c1-2-5-18(6-3-1)7-4-11-24-12-14-25(15-13-24)20-9-8-19-17-22-10-16-26-21(19)23-20/h1-3,5-6,8-9,22H,4,7,10-17H2. The zero-order valence-electron chi connectivity index (χ0n) is 15.4. The summed E-state index contributed by atoms with van der Waals surface area (Å²) in [7, 11) is 0. The number of rotatable bonds is 5. The third-order valence-electron chi connectivity index (χ3n) is 5.24. The van der Waals surface area contributed by atoms with E-state index in [1.54, 1.807) is 0 Å². The van der Waals surface area contributed by atoms with Crippen molar-refractivity contribution < 1.29 is 4.74 Å². The maximum atomic E-state index is 5.79. The summed E-state index contributed by atoms with van der Waals surface area (Å²) in [5.41, 5.74) is 2.60. The Hall–Kier alpha value is -2.11. The van der Waals surface area contributed by atoms with Gasteiger partial charge in [-0.3, -0.25) is 4.90 Å². The minimum Gasteiger partial charge on any atom is -0.476 e. The van der Waals surface area contributed by atoms with Gasteiger partial charge < -0.3 is 15.0 Å². The molecule has 1 aromatic carbocycles. The lowest BCUT2D eigenvalue weighted by Gasteiger charge is -2.35. The Bertz CT molecular complexity index is 698. The number of pyridine rings is 1. The Morgan fingerprint density at radius 3 is 2.69 bits per heavy atom. The van der Waals surface area contributed by atoms with Crippen LogP contribution in [0.2, 0.25) is 0 Å². The van der Waals surface area contributed by atoms with Crippen LogP contribution < -0.4 is 15.0 Å². The Kier molecular flexibility index (Phi) is 5.67. The summed E-state index contributed by atoms with van der Waals surface area (Å²) in [6.45, 7) is 7.88. The summed E-state index contributed by atoms with van der Waals surface area (Å²) in [5, 5.41) is 3.35. The molecule has 2 aliphatic heterocycles. The second kappa shape index (κ2) is 8.52. The SMILES string of the molecule is c1ccc(CCCN2CCN(c3ccc4c(n3)OCCNC4)CC2)cc1. The van der Waals surface area contributed by atoms with E-state index in [9.17, 15) is 0 Å². The quantitative estimate of drug-likeness (QED) is 0.894. The maximum absolute atomic E-state index is 5.79. The molecule has 1 N–H and O–H groups in total. The number of hydrogen-bond donors (Lipinski definition) is 1. The van der Waals surface area contributed by atoms with Crippen LogP contribution in [-0.2, 0) is 13.0 Å². The molecule has 1 saturated heterocycles. The van der Waals surface area contributed by atoms with Gasteiger partial charge >= 0.3 is 0 Å². The van der Waals surface area contributed by atoms with Crippen LogP contribution in [0.15, 0.2) is 42.5 Å². The van der Waals surface area contributed by atoms with Crippen molar-refractivity contribution in [2.24, 2.45) is 0 Å². The van der Waals surface area contributed by atoms with Crippen molar-refractivity contribution in [2.75, 3.05) is 50.8 Å². The number of aryl methyl sites for hydroxylation is 1. The largest absolute Gasteiger partial charge is 0.476 e. The van der Waals surface area contributed by atoms with E-state index in [4.69, 9.17) is 9.72 Å². The van der Waals surface area contributed by atoms with E-state index in [0.29, 0.717) is 6.61 Å². The zero-order chi connectivity index (χ0) is 17.6. The number of benzene rings is 1. The lowest BCUT2D eigenvalue weighted by Crippen LogP contribution is -2.47. The van der Waals surface area contributed by atoms with Crippen LogP contribution in [0.25, 0.3) is 0 Å². The van der Waals surface area contributed by atoms with Gasteiger partial charge in [0, 0.05) is 44.8 Å². The van der Waals surface area contributed by atoms with E-state index in [-0.39, 0.29) is 0 Å². The Balaban J connectivity index is 1.26. The summed E-state index contributed by atoms with van der Waals surface area (Å²) in [6, 6.07) is 15.1. The van der Waals surface area contributed by atoms with Crippen molar-refractivity contribution >= 4 is 5.82 Å². The molecule has 3 heterocycles. The van der Waals surface area contributed by atoms with Gasteiger partial charge in [-0.15, -0.1) is 0 Å². The molecule has 0 atom stereocenters. The molecule has 0 radical (unpaired) electrons. The van der Waals surface area contributed by atoms with Gasteiger partial charge in [0.05, 0.1) is 0 Å². The predicted octanol–water partition coefficient (Wildman–Crippen LogP) is 2.32. The molecule has 2 aromatic rings. The van der Waals surface area contributed by atoms with Crippen LogP contribution in [0, 0.1) is 0 Å². The number of aromatic nitrogens is 1. The first kappa shape index (κ1) is 17.3. The maximum Gasteiger partial charge on any atom is 0.219 e. The van der Waals surface area contributed by atoms with Crippen molar-refractivity contribution in [2.45, 2.75) is 19.4 Å². The van der Waals surface area contributed by atoms with Crippen LogP contribution in [0.3, 0.4) is 0 Å². The molecule has 5 nitrogen and oxygen atoms in total. The highest BCUT2D eigenvalue weighted by molar-refractivity contribution is 5.44. The normalized spacial score (nSPS) is 18.1. The Labute approximate surface area is 156 Å². The smallest absolute Gasteiger partial charge is 0.219 e. The van der Waals surface area contributed by atoms with E-state index >= 15 is 0 Å². The first-order valence-corrected chi connectivity index (χ1v) is 9.73. The molecule has 0 bridgehead atoms. The van der Waals surface area contributed by atoms with Crippen molar-refractivity contribution in [3.63, 3.8) is 0 Å². The van der Waals surface area contributed by atoms with Crippen molar-refractivity contribution in [1.82, 2.24) is 15.2 Å². The van der Waals surface area contributed by atoms with Gasteiger partial charge in [0.2, 0.25) is 5.88 Å². The van der Waals surface area contributed by atoms with Crippen molar-refractivity contribution in [1.29, 1.82) is 0 Å². The molecule has 26 heavy (non-hydrogen) atoms. The predicted molar refractivity (Wildman–Crippen MR) is 105 cm³/mol. The summed E-state index contributed by atoms with van der Waals surface area (Å²) in [6.07, 6.45) is 2.39. The van der Waals surface area contributed by atoms with Gasteiger partial charge in [0.1, 0.15) is 12.4 Å². The average Bonchev–Trinajstić information content (AvgIpc) is 2.94. The first-order chi connectivity index (χ1) is 12.9. The monoisotopic (exact) mass is 352 g/mol. The van der Waals surface area contributed by atoms with Gasteiger partial charge in [-0.05, 0) is 37.1 Å². The lowest BCUT2D eigenvalue weighted by molar-refractivity contribution is 0.254. The summed E-state index contributed by atoms with van der Waals surface area (Å²) in [4.78, 5) is 9.73. The number of nitrogens with zero attached hydrogens (tertiary/aromatic N) is 3. The second-order valence-corrected chi connectivity index (χ2v) is 7.08. The van der Waals surface area contributed by atoms with E-state index in [1.165, 1.54) is 24.9 Å².